The summed E-state index contributed by atoms with van der Waals surface area (Å²) in [4.78, 5) is 17.1. The predicted molar refractivity (Wildman–Crippen MR) is 101 cm³/mol. The first kappa shape index (κ1) is 18.5. The third kappa shape index (κ3) is 4.64. The van der Waals surface area contributed by atoms with E-state index in [-0.39, 0.29) is 11.9 Å². The van der Waals surface area contributed by atoms with Crippen molar-refractivity contribution in [3.8, 4) is 5.75 Å². The number of imidazole rings is 1. The van der Waals surface area contributed by atoms with Gasteiger partial charge in [0.1, 0.15) is 17.6 Å². The van der Waals surface area contributed by atoms with Gasteiger partial charge >= 0.3 is 0 Å². The van der Waals surface area contributed by atoms with Gasteiger partial charge in [0.15, 0.2) is 0 Å². The highest BCUT2D eigenvalue weighted by molar-refractivity contribution is 5.76. The molecule has 1 atom stereocenters. The summed E-state index contributed by atoms with van der Waals surface area (Å²) in [6.45, 7) is 2.13. The van der Waals surface area contributed by atoms with E-state index in [1.807, 2.05) is 42.1 Å². The second-order valence-electron chi connectivity index (χ2n) is 6.90. The van der Waals surface area contributed by atoms with Crippen LogP contribution in [0.4, 0.5) is 0 Å². The van der Waals surface area contributed by atoms with E-state index >= 15 is 0 Å². The normalized spacial score (nSPS) is 16.2. The van der Waals surface area contributed by atoms with E-state index in [0.29, 0.717) is 12.3 Å². The van der Waals surface area contributed by atoms with Crippen molar-refractivity contribution < 1.29 is 9.53 Å². The standard InChI is InChI=1S/C20H28N4O2/c1-24-14-13-22-20(24)19(16-4-6-17(26-2)7-5-16)23-18(25)8-3-15-9-11-21-12-10-15/h4-7,13-15,19,21H,3,8-12H2,1-2H3,(H,23,25). The molecule has 0 aliphatic carbocycles. The molecule has 26 heavy (non-hydrogen) atoms. The fourth-order valence-electron chi connectivity index (χ4n) is 3.49. The quantitative estimate of drug-likeness (QED) is 0.799. The number of nitrogens with one attached hydrogen (secondary N) is 2. The highest BCUT2D eigenvalue weighted by Crippen LogP contribution is 2.24. The van der Waals surface area contributed by atoms with Gasteiger partial charge in [-0.1, -0.05) is 12.1 Å². The van der Waals surface area contributed by atoms with Crippen molar-refractivity contribution in [1.29, 1.82) is 0 Å². The summed E-state index contributed by atoms with van der Waals surface area (Å²) in [5, 5.41) is 6.54. The Morgan fingerprint density at radius 2 is 2.08 bits per heavy atom. The van der Waals surface area contributed by atoms with Crippen LogP contribution < -0.4 is 15.4 Å². The fraction of sp³-hybridized carbons (Fsp3) is 0.500. The first-order valence-electron chi connectivity index (χ1n) is 9.28. The minimum atomic E-state index is -0.263. The molecule has 6 heteroatoms. The summed E-state index contributed by atoms with van der Waals surface area (Å²) in [6.07, 6.45) is 7.48. The molecule has 1 unspecified atom stereocenters. The molecular formula is C20H28N4O2. The number of carbonyl (C=O) groups is 1. The molecule has 6 nitrogen and oxygen atoms in total. The molecule has 3 rings (SSSR count). The number of nitrogens with zero attached hydrogens (tertiary/aromatic N) is 2. The van der Waals surface area contributed by atoms with Crippen LogP contribution >= 0.6 is 0 Å². The molecule has 0 radical (unpaired) electrons. The molecule has 1 aromatic heterocycles. The summed E-state index contributed by atoms with van der Waals surface area (Å²) in [7, 11) is 3.59. The van der Waals surface area contributed by atoms with Crippen molar-refractivity contribution in [1.82, 2.24) is 20.2 Å². The van der Waals surface area contributed by atoms with Crippen molar-refractivity contribution in [2.24, 2.45) is 13.0 Å². The first-order chi connectivity index (χ1) is 12.7. The minimum absolute atomic E-state index is 0.0763. The molecule has 2 aromatic rings. The third-order valence-electron chi connectivity index (χ3n) is 5.11. The Kier molecular flexibility index (Phi) is 6.28. The molecule has 1 amide bonds. The van der Waals surface area contributed by atoms with Gasteiger partial charge in [0, 0.05) is 25.9 Å². The lowest BCUT2D eigenvalue weighted by molar-refractivity contribution is -0.122. The Hall–Kier alpha value is -2.34. The summed E-state index contributed by atoms with van der Waals surface area (Å²) in [5.74, 6) is 2.34. The molecule has 2 N–H and O–H groups in total. The molecule has 0 saturated carbocycles. The largest absolute Gasteiger partial charge is 0.497 e. The van der Waals surface area contributed by atoms with Gasteiger partial charge in [0.2, 0.25) is 5.91 Å². The van der Waals surface area contributed by atoms with Crippen LogP contribution in [0.3, 0.4) is 0 Å². The maximum absolute atomic E-state index is 12.6. The molecule has 2 heterocycles. The molecule has 1 saturated heterocycles. The van der Waals surface area contributed by atoms with Crippen LogP contribution in [0.2, 0.25) is 0 Å². The van der Waals surface area contributed by atoms with Crippen molar-refractivity contribution in [3.63, 3.8) is 0 Å². The number of piperidine rings is 1. The Morgan fingerprint density at radius 3 is 2.69 bits per heavy atom. The van der Waals surface area contributed by atoms with Crippen molar-refractivity contribution in [2.75, 3.05) is 20.2 Å². The van der Waals surface area contributed by atoms with Gasteiger partial charge in [0.25, 0.3) is 0 Å². The number of ether oxygens (including phenoxy) is 1. The molecule has 1 aromatic carbocycles. The Balaban J connectivity index is 1.69. The average molecular weight is 356 g/mol. The molecule has 0 spiro atoms. The van der Waals surface area contributed by atoms with Gasteiger partial charge < -0.3 is 19.9 Å². The average Bonchev–Trinajstić information content (AvgIpc) is 3.11. The summed E-state index contributed by atoms with van der Waals surface area (Å²) in [5.41, 5.74) is 0.996. The summed E-state index contributed by atoms with van der Waals surface area (Å²) >= 11 is 0. The third-order valence-corrected chi connectivity index (χ3v) is 5.11. The molecule has 0 bridgehead atoms. The molecule has 1 aliphatic rings. The van der Waals surface area contributed by atoms with E-state index in [0.717, 1.165) is 49.5 Å². The zero-order chi connectivity index (χ0) is 18.4. The number of rotatable bonds is 7. The lowest BCUT2D eigenvalue weighted by Crippen LogP contribution is -2.32. The number of hydrogen-bond donors (Lipinski definition) is 2. The summed E-state index contributed by atoms with van der Waals surface area (Å²) < 4.78 is 7.18. The number of benzene rings is 1. The topological polar surface area (TPSA) is 68.2 Å². The Bertz CT molecular complexity index is 705. The van der Waals surface area contributed by atoms with E-state index < -0.39 is 0 Å². The van der Waals surface area contributed by atoms with E-state index in [9.17, 15) is 4.79 Å². The first-order valence-corrected chi connectivity index (χ1v) is 9.28. The van der Waals surface area contributed by atoms with Gasteiger partial charge in [-0.3, -0.25) is 4.79 Å². The molecular weight excluding hydrogens is 328 g/mol. The lowest BCUT2D eigenvalue weighted by atomic mass is 9.93. The van der Waals surface area contributed by atoms with Gasteiger partial charge in [0.05, 0.1) is 7.11 Å². The van der Waals surface area contributed by atoms with E-state index in [1.165, 1.54) is 0 Å². The monoisotopic (exact) mass is 356 g/mol. The highest BCUT2D eigenvalue weighted by atomic mass is 16.5. The van der Waals surface area contributed by atoms with Crippen LogP contribution in [0, 0.1) is 5.92 Å². The number of aryl methyl sites for hydroxylation is 1. The molecule has 1 aliphatic heterocycles. The number of amides is 1. The van der Waals surface area contributed by atoms with Gasteiger partial charge in [-0.25, -0.2) is 4.98 Å². The van der Waals surface area contributed by atoms with E-state index in [4.69, 9.17) is 4.74 Å². The Morgan fingerprint density at radius 1 is 1.35 bits per heavy atom. The zero-order valence-corrected chi connectivity index (χ0v) is 15.6. The molecule has 1 fully saturated rings. The highest BCUT2D eigenvalue weighted by Gasteiger charge is 2.22. The number of methoxy groups -OCH3 is 1. The van der Waals surface area contributed by atoms with Gasteiger partial charge in [-0.05, 0) is 56.0 Å². The second-order valence-corrected chi connectivity index (χ2v) is 6.90. The van der Waals surface area contributed by atoms with Crippen molar-refractivity contribution in [2.45, 2.75) is 31.7 Å². The lowest BCUT2D eigenvalue weighted by Gasteiger charge is -2.23. The summed E-state index contributed by atoms with van der Waals surface area (Å²) in [6, 6.07) is 7.51. The smallest absolute Gasteiger partial charge is 0.220 e. The van der Waals surface area contributed by atoms with Gasteiger partial charge in [-0.15, -0.1) is 0 Å². The maximum atomic E-state index is 12.6. The SMILES string of the molecule is COc1ccc(C(NC(=O)CCC2CCNCC2)c2nccn2C)cc1. The van der Waals surface area contributed by atoms with Crippen LogP contribution in [0.15, 0.2) is 36.7 Å². The molecule has 140 valence electrons. The zero-order valence-electron chi connectivity index (χ0n) is 15.6. The van der Waals surface area contributed by atoms with Gasteiger partial charge in [-0.2, -0.15) is 0 Å². The van der Waals surface area contributed by atoms with Crippen LogP contribution in [0.25, 0.3) is 0 Å². The number of hydrogen-bond acceptors (Lipinski definition) is 4. The van der Waals surface area contributed by atoms with Crippen molar-refractivity contribution >= 4 is 5.91 Å². The van der Waals surface area contributed by atoms with Crippen LogP contribution in [-0.4, -0.2) is 35.7 Å². The minimum Gasteiger partial charge on any atom is -0.497 e. The number of carbonyl (C=O) groups excluding carboxylic acids is 1. The predicted octanol–water partition coefficient (Wildman–Crippen LogP) is 2.41. The second kappa shape index (κ2) is 8.85. The Labute approximate surface area is 155 Å². The maximum Gasteiger partial charge on any atom is 0.220 e. The van der Waals surface area contributed by atoms with Crippen LogP contribution in [0.1, 0.15) is 43.1 Å². The van der Waals surface area contributed by atoms with E-state index in [1.54, 1.807) is 13.3 Å². The van der Waals surface area contributed by atoms with E-state index in [2.05, 4.69) is 15.6 Å². The van der Waals surface area contributed by atoms with Crippen molar-refractivity contribution in [3.05, 3.63) is 48.0 Å². The van der Waals surface area contributed by atoms with Crippen LogP contribution in [-0.2, 0) is 11.8 Å². The fourth-order valence-corrected chi connectivity index (χ4v) is 3.49. The van der Waals surface area contributed by atoms with Crippen LogP contribution in [0.5, 0.6) is 5.75 Å². The number of aromatic nitrogens is 2.